The van der Waals surface area contributed by atoms with Crippen LogP contribution in [0, 0.1) is 20.4 Å². The monoisotopic (exact) mass is 474 g/mol. The summed E-state index contributed by atoms with van der Waals surface area (Å²) in [4.78, 5) is 3.85. The van der Waals surface area contributed by atoms with E-state index >= 15 is 0 Å². The first kappa shape index (κ1) is 22.6. The number of furan rings is 1. The van der Waals surface area contributed by atoms with Crippen molar-refractivity contribution in [3.05, 3.63) is 94.5 Å². The van der Waals surface area contributed by atoms with E-state index in [1.165, 1.54) is 5.56 Å². The smallest absolute Gasteiger partial charge is 0.216 e. The maximum atomic E-state index is 8.56. The molecule has 0 saturated heterocycles. The molecule has 0 aliphatic heterocycles. The molecule has 2 aromatic heterocycles. The minimum Gasteiger partial charge on any atom is -0.456 e. The van der Waals surface area contributed by atoms with Crippen molar-refractivity contribution in [3.63, 3.8) is 0 Å². The normalized spacial score (nSPS) is 12.4. The summed E-state index contributed by atoms with van der Waals surface area (Å²) in [5, 5.41) is 2.05. The fourth-order valence-electron chi connectivity index (χ4n) is 5.25. The first-order valence-electron chi connectivity index (χ1n) is 13.0. The van der Waals surface area contributed by atoms with Crippen molar-refractivity contribution in [3.8, 4) is 22.4 Å². The molecule has 0 bridgehead atoms. The molecular formula is C33H33N2O+. The Bertz CT molecular complexity index is 1710. The van der Waals surface area contributed by atoms with E-state index < -0.39 is 5.89 Å². The van der Waals surface area contributed by atoms with Gasteiger partial charge < -0.3 is 4.42 Å². The number of rotatable bonds is 4. The molecule has 0 aliphatic carbocycles. The van der Waals surface area contributed by atoms with Crippen molar-refractivity contribution >= 4 is 27.6 Å². The highest BCUT2D eigenvalue weighted by molar-refractivity contribution is 6.15. The van der Waals surface area contributed by atoms with Gasteiger partial charge in [0.15, 0.2) is 11.4 Å². The molecule has 2 heterocycles. The third-order valence-corrected chi connectivity index (χ3v) is 7.44. The summed E-state index contributed by atoms with van der Waals surface area (Å²) < 4.78 is 17.4. The fraction of sp³-hybridized carbons (Fsp3) is 0.273. The summed E-state index contributed by atoms with van der Waals surface area (Å²) in [6, 6.07) is 20.8. The first-order valence-corrected chi connectivity index (χ1v) is 12.5. The molecule has 0 spiro atoms. The third kappa shape index (κ3) is 3.69. The summed E-state index contributed by atoms with van der Waals surface area (Å²) in [6.45, 7) is 20.2. The molecule has 0 N–H and O–H groups in total. The van der Waals surface area contributed by atoms with Crippen LogP contribution in [0.5, 0.6) is 0 Å². The quantitative estimate of drug-likeness (QED) is 0.188. The van der Waals surface area contributed by atoms with Gasteiger partial charge in [-0.05, 0) is 41.5 Å². The predicted molar refractivity (Wildman–Crippen MR) is 150 cm³/mol. The molecule has 3 heteroatoms. The number of aromatic nitrogens is 1. The zero-order valence-electron chi connectivity index (χ0n) is 23.2. The molecule has 0 radical (unpaired) electrons. The van der Waals surface area contributed by atoms with E-state index in [0.717, 1.165) is 61.1 Å². The number of benzene rings is 3. The number of nitrogens with zero attached hydrogens (tertiary/aromatic N) is 2. The van der Waals surface area contributed by atoms with Crippen LogP contribution in [0.15, 0.2) is 65.1 Å². The highest BCUT2D eigenvalue weighted by Crippen LogP contribution is 2.44. The van der Waals surface area contributed by atoms with Gasteiger partial charge in [0.05, 0.1) is 12.1 Å². The lowest BCUT2D eigenvalue weighted by Gasteiger charge is -2.11. The van der Waals surface area contributed by atoms with Gasteiger partial charge in [-0.1, -0.05) is 76.2 Å². The van der Waals surface area contributed by atoms with E-state index in [2.05, 4.69) is 92.7 Å². The Balaban J connectivity index is 1.82. The third-order valence-electron chi connectivity index (χ3n) is 7.44. The van der Waals surface area contributed by atoms with E-state index in [9.17, 15) is 0 Å². The van der Waals surface area contributed by atoms with Crippen molar-refractivity contribution in [2.75, 3.05) is 0 Å². The summed E-state index contributed by atoms with van der Waals surface area (Å²) in [6.07, 6.45) is 0. The SMILES string of the molecule is [2H]C(C)(C)c1ccc(-c2c(C)ccc3c2oc2c(-c4ccc(C(C)C)cc4)c([N+]#[C-])ccc23)[n+](C)c1C. The molecule has 3 aromatic carbocycles. The topological polar surface area (TPSA) is 21.4 Å². The Morgan fingerprint density at radius 3 is 2.08 bits per heavy atom. The van der Waals surface area contributed by atoms with Gasteiger partial charge in [0.25, 0.3) is 0 Å². The first-order chi connectivity index (χ1) is 17.5. The molecule has 3 nitrogen and oxygen atoms in total. The number of hydrogen-bond donors (Lipinski definition) is 0. The van der Waals surface area contributed by atoms with Crippen molar-refractivity contribution in [2.24, 2.45) is 7.05 Å². The van der Waals surface area contributed by atoms with Crippen LogP contribution < -0.4 is 4.57 Å². The molecule has 5 rings (SSSR count). The maximum absolute atomic E-state index is 8.56. The highest BCUT2D eigenvalue weighted by Gasteiger charge is 2.25. The van der Waals surface area contributed by atoms with Crippen LogP contribution in [0.3, 0.4) is 0 Å². The highest BCUT2D eigenvalue weighted by atomic mass is 16.3. The Morgan fingerprint density at radius 2 is 1.47 bits per heavy atom. The Labute approximate surface area is 215 Å². The van der Waals surface area contributed by atoms with Crippen LogP contribution in [0.25, 0.3) is 49.2 Å². The van der Waals surface area contributed by atoms with Crippen LogP contribution in [0.2, 0.25) is 0 Å². The Hall–Kier alpha value is -3.90. The van der Waals surface area contributed by atoms with Crippen LogP contribution in [0.4, 0.5) is 5.69 Å². The summed E-state index contributed by atoms with van der Waals surface area (Å²) in [7, 11) is 2.06. The standard InChI is InChI=1S/C33H33N2O/c1-19(2)23-10-12-24(13-11-23)31-28(34-7)17-15-27-26-14-9-21(5)30(32(26)36-33(27)31)29-18-16-25(20(3)4)22(6)35(29)8/h9-20H,1-6,8H3/q+1/i20D. The van der Waals surface area contributed by atoms with Gasteiger partial charge in [-0.3, -0.25) is 0 Å². The molecule has 180 valence electrons. The minimum absolute atomic E-state index is 0.443. The molecule has 5 aromatic rings. The lowest BCUT2D eigenvalue weighted by molar-refractivity contribution is -0.667. The Kier molecular flexibility index (Phi) is 5.61. The number of hydrogen-bond acceptors (Lipinski definition) is 1. The predicted octanol–water partition coefficient (Wildman–Crippen LogP) is 9.16. The average Bonchev–Trinajstić information content (AvgIpc) is 3.23. The molecule has 0 saturated carbocycles. The summed E-state index contributed by atoms with van der Waals surface area (Å²) in [5.41, 5.74) is 10.5. The van der Waals surface area contributed by atoms with Crippen molar-refractivity contribution in [1.29, 1.82) is 0 Å². The van der Waals surface area contributed by atoms with Crippen molar-refractivity contribution in [1.82, 2.24) is 0 Å². The number of pyridine rings is 1. The molecular weight excluding hydrogens is 440 g/mol. The summed E-state index contributed by atoms with van der Waals surface area (Å²) in [5.74, 6) is -0.241. The van der Waals surface area contributed by atoms with Gasteiger partial charge in [-0.2, -0.15) is 4.57 Å². The van der Waals surface area contributed by atoms with E-state index in [-0.39, 0.29) is 0 Å². The summed E-state index contributed by atoms with van der Waals surface area (Å²) >= 11 is 0. The second-order valence-corrected chi connectivity index (χ2v) is 10.2. The van der Waals surface area contributed by atoms with Crippen molar-refractivity contribution in [2.45, 2.75) is 53.4 Å². The van der Waals surface area contributed by atoms with E-state index in [1.807, 2.05) is 26.0 Å². The van der Waals surface area contributed by atoms with Gasteiger partial charge in [0.1, 0.15) is 18.2 Å². The number of aryl methyl sites for hydroxylation is 1. The van der Waals surface area contributed by atoms with Crippen molar-refractivity contribution < 1.29 is 10.4 Å². The lowest BCUT2D eigenvalue weighted by Crippen LogP contribution is -2.36. The molecule has 0 aliphatic rings. The molecule has 0 amide bonds. The van der Waals surface area contributed by atoms with E-state index in [0.29, 0.717) is 11.6 Å². The Morgan fingerprint density at radius 1 is 0.833 bits per heavy atom. The lowest BCUT2D eigenvalue weighted by atomic mass is 9.95. The van der Waals surface area contributed by atoms with E-state index in [4.69, 9.17) is 12.4 Å². The van der Waals surface area contributed by atoms with Gasteiger partial charge >= 0.3 is 0 Å². The van der Waals surface area contributed by atoms with Crippen LogP contribution in [-0.2, 0) is 7.05 Å². The molecule has 0 atom stereocenters. The molecule has 0 fully saturated rings. The van der Waals surface area contributed by atoms with Crippen LogP contribution in [-0.4, -0.2) is 0 Å². The molecule has 36 heavy (non-hydrogen) atoms. The van der Waals surface area contributed by atoms with Gasteiger partial charge in [-0.15, -0.1) is 0 Å². The zero-order valence-corrected chi connectivity index (χ0v) is 22.2. The second kappa shape index (κ2) is 8.95. The maximum Gasteiger partial charge on any atom is 0.216 e. The van der Waals surface area contributed by atoms with Gasteiger partial charge in [0, 0.05) is 36.3 Å². The largest absolute Gasteiger partial charge is 0.456 e. The van der Waals surface area contributed by atoms with Gasteiger partial charge in [0.2, 0.25) is 5.69 Å². The van der Waals surface area contributed by atoms with Gasteiger partial charge in [-0.25, -0.2) is 4.85 Å². The molecule has 0 unspecified atom stereocenters. The van der Waals surface area contributed by atoms with Crippen LogP contribution in [0.1, 0.15) is 63.3 Å². The fourth-order valence-corrected chi connectivity index (χ4v) is 5.25. The average molecular weight is 475 g/mol. The number of fused-ring (bicyclic) bond motifs is 3. The van der Waals surface area contributed by atoms with E-state index in [1.54, 1.807) is 0 Å². The van der Waals surface area contributed by atoms with Crippen LogP contribution >= 0.6 is 0 Å². The zero-order chi connectivity index (χ0) is 26.6. The second-order valence-electron chi connectivity index (χ2n) is 10.2. The minimum atomic E-state index is -0.684.